The van der Waals surface area contributed by atoms with Crippen molar-refractivity contribution in [1.82, 2.24) is 9.97 Å². The summed E-state index contributed by atoms with van der Waals surface area (Å²) < 4.78 is 5.55. The molecule has 2 aromatic carbocycles. The highest BCUT2D eigenvalue weighted by molar-refractivity contribution is 7.99. The maximum Gasteiger partial charge on any atom is 0.233 e. The van der Waals surface area contributed by atoms with Crippen LogP contribution < -0.4 is 16.8 Å². The molecule has 1 aliphatic rings. The van der Waals surface area contributed by atoms with Crippen LogP contribution in [0.15, 0.2) is 62.9 Å². The van der Waals surface area contributed by atoms with Crippen LogP contribution in [-0.4, -0.2) is 9.97 Å². The van der Waals surface area contributed by atoms with Gasteiger partial charge in [0.05, 0.1) is 23.0 Å². The van der Waals surface area contributed by atoms with Gasteiger partial charge in [0.15, 0.2) is 0 Å². The molecule has 2 aromatic heterocycles. The van der Waals surface area contributed by atoms with Crippen LogP contribution in [-0.2, 0) is 6.42 Å². The van der Waals surface area contributed by atoms with Crippen LogP contribution in [0, 0.1) is 0 Å². The Morgan fingerprint density at radius 3 is 2.73 bits per heavy atom. The number of aromatic nitrogens is 2. The summed E-state index contributed by atoms with van der Waals surface area (Å²) in [5, 5.41) is 4.28. The molecule has 4 aromatic rings. The third-order valence-corrected chi connectivity index (χ3v) is 5.55. The fraction of sp³-hybridized carbons (Fsp3) is 0.0526. The van der Waals surface area contributed by atoms with Gasteiger partial charge in [-0.2, -0.15) is 9.97 Å². The first-order valence-electron chi connectivity index (χ1n) is 8.14. The summed E-state index contributed by atoms with van der Waals surface area (Å²) in [5.74, 6) is 0.455. The third kappa shape index (κ3) is 2.36. The first kappa shape index (κ1) is 15.1. The number of anilines is 4. The fourth-order valence-electron chi connectivity index (χ4n) is 3.24. The molecule has 0 aliphatic carbocycles. The Labute approximate surface area is 153 Å². The zero-order valence-corrected chi connectivity index (χ0v) is 14.5. The Hall–Kier alpha value is -3.19. The molecule has 0 spiro atoms. The van der Waals surface area contributed by atoms with Gasteiger partial charge in [0.1, 0.15) is 5.82 Å². The quantitative estimate of drug-likeness (QED) is 0.433. The van der Waals surface area contributed by atoms with Crippen molar-refractivity contribution in [2.24, 2.45) is 0 Å². The number of nitrogens with zero attached hydrogens (tertiary/aromatic N) is 2. The molecule has 1 aliphatic heterocycles. The van der Waals surface area contributed by atoms with E-state index in [0.29, 0.717) is 18.0 Å². The molecule has 0 unspecified atom stereocenters. The molecule has 0 radical (unpaired) electrons. The lowest BCUT2D eigenvalue weighted by atomic mass is 10.0. The second-order valence-corrected chi connectivity index (χ2v) is 7.18. The van der Waals surface area contributed by atoms with Crippen molar-refractivity contribution >= 4 is 46.0 Å². The molecule has 0 bridgehead atoms. The van der Waals surface area contributed by atoms with Crippen LogP contribution in [0.3, 0.4) is 0 Å². The van der Waals surface area contributed by atoms with Crippen molar-refractivity contribution in [2.75, 3.05) is 16.8 Å². The summed E-state index contributed by atoms with van der Waals surface area (Å²) in [6, 6.07) is 14.6. The molecule has 7 heteroatoms. The van der Waals surface area contributed by atoms with Gasteiger partial charge in [-0.05, 0) is 23.8 Å². The van der Waals surface area contributed by atoms with E-state index in [-0.39, 0.29) is 5.95 Å². The predicted molar refractivity (Wildman–Crippen MR) is 104 cm³/mol. The number of nitrogen functional groups attached to an aromatic ring is 2. The van der Waals surface area contributed by atoms with Crippen LogP contribution in [0.25, 0.3) is 11.1 Å². The fourth-order valence-corrected chi connectivity index (χ4v) is 4.29. The van der Waals surface area contributed by atoms with E-state index in [1.54, 1.807) is 18.0 Å². The second-order valence-electron chi connectivity index (χ2n) is 6.10. The Morgan fingerprint density at radius 1 is 0.962 bits per heavy atom. The van der Waals surface area contributed by atoms with Crippen molar-refractivity contribution in [3.63, 3.8) is 0 Å². The summed E-state index contributed by atoms with van der Waals surface area (Å²) in [6.45, 7) is 0. The highest BCUT2D eigenvalue weighted by Crippen LogP contribution is 2.45. The molecule has 128 valence electrons. The number of furan rings is 1. The first-order valence-corrected chi connectivity index (χ1v) is 8.95. The highest BCUT2D eigenvalue weighted by atomic mass is 32.2. The van der Waals surface area contributed by atoms with Crippen LogP contribution in [0.2, 0.25) is 0 Å². The van der Waals surface area contributed by atoms with E-state index in [1.807, 2.05) is 6.07 Å². The molecular formula is C19H15N5OS. The largest absolute Gasteiger partial charge is 0.446 e. The normalized spacial score (nSPS) is 12.5. The average Bonchev–Trinajstić information content (AvgIpc) is 3.03. The smallest absolute Gasteiger partial charge is 0.233 e. The molecular weight excluding hydrogens is 346 g/mol. The molecule has 0 atom stereocenters. The van der Waals surface area contributed by atoms with Gasteiger partial charge in [-0.15, -0.1) is 0 Å². The SMILES string of the molecule is Nc1nc(N)c2c(Cc3cccc4c3Nc3ccccc3S4)coc2n1. The summed E-state index contributed by atoms with van der Waals surface area (Å²) >= 11 is 1.77. The van der Waals surface area contributed by atoms with Crippen molar-refractivity contribution in [1.29, 1.82) is 0 Å². The molecule has 3 heterocycles. The van der Waals surface area contributed by atoms with Gasteiger partial charge in [0, 0.05) is 21.8 Å². The monoisotopic (exact) mass is 361 g/mol. The van der Waals surface area contributed by atoms with Gasteiger partial charge in [0.25, 0.3) is 0 Å². The van der Waals surface area contributed by atoms with E-state index >= 15 is 0 Å². The topological polar surface area (TPSA) is 103 Å². The predicted octanol–water partition coefficient (Wildman–Crippen LogP) is 4.19. The van der Waals surface area contributed by atoms with Gasteiger partial charge >= 0.3 is 0 Å². The standard InChI is InChI=1S/C19H15N5OS/c20-17-15-11(9-25-18(15)24-19(21)23-17)8-10-4-3-7-14-16(10)22-12-5-1-2-6-13(12)26-14/h1-7,9,22H,8H2,(H4,20,21,23,24). The lowest BCUT2D eigenvalue weighted by Gasteiger charge is -2.23. The summed E-state index contributed by atoms with van der Waals surface area (Å²) in [6.07, 6.45) is 2.34. The number of para-hydroxylation sites is 2. The maximum atomic E-state index is 6.05. The molecule has 0 saturated heterocycles. The van der Waals surface area contributed by atoms with Gasteiger partial charge in [-0.25, -0.2) is 0 Å². The van der Waals surface area contributed by atoms with Crippen LogP contribution in [0.4, 0.5) is 23.1 Å². The van der Waals surface area contributed by atoms with Crippen LogP contribution in [0.1, 0.15) is 11.1 Å². The minimum absolute atomic E-state index is 0.114. The van der Waals surface area contributed by atoms with Gasteiger partial charge in [-0.3, -0.25) is 0 Å². The Kier molecular flexibility index (Phi) is 3.29. The van der Waals surface area contributed by atoms with E-state index in [2.05, 4.69) is 51.7 Å². The van der Waals surface area contributed by atoms with Crippen molar-refractivity contribution in [3.05, 3.63) is 59.9 Å². The number of benzene rings is 2. The molecule has 0 saturated carbocycles. The molecule has 0 fully saturated rings. The second kappa shape index (κ2) is 5.67. The van der Waals surface area contributed by atoms with Crippen molar-refractivity contribution in [2.45, 2.75) is 16.2 Å². The lowest BCUT2D eigenvalue weighted by Crippen LogP contribution is -2.04. The Bertz CT molecular complexity index is 1150. The zero-order chi connectivity index (χ0) is 17.7. The molecule has 26 heavy (non-hydrogen) atoms. The maximum absolute atomic E-state index is 6.05. The van der Waals surface area contributed by atoms with Crippen LogP contribution in [0.5, 0.6) is 0 Å². The minimum atomic E-state index is 0.114. The summed E-state index contributed by atoms with van der Waals surface area (Å²) in [5.41, 5.74) is 16.4. The third-order valence-electron chi connectivity index (χ3n) is 4.42. The summed E-state index contributed by atoms with van der Waals surface area (Å²) in [7, 11) is 0. The number of hydrogen-bond acceptors (Lipinski definition) is 7. The van der Waals surface area contributed by atoms with E-state index in [9.17, 15) is 0 Å². The Balaban J connectivity index is 1.58. The average molecular weight is 361 g/mol. The van der Waals surface area contributed by atoms with E-state index in [4.69, 9.17) is 15.9 Å². The molecule has 6 nitrogen and oxygen atoms in total. The molecule has 0 amide bonds. The van der Waals surface area contributed by atoms with Crippen LogP contribution >= 0.6 is 11.8 Å². The summed E-state index contributed by atoms with van der Waals surface area (Å²) in [4.78, 5) is 10.6. The van der Waals surface area contributed by atoms with E-state index in [0.717, 1.165) is 27.9 Å². The molecule has 5 rings (SSSR count). The van der Waals surface area contributed by atoms with Gasteiger partial charge < -0.3 is 21.2 Å². The number of hydrogen-bond donors (Lipinski definition) is 3. The number of rotatable bonds is 2. The zero-order valence-electron chi connectivity index (χ0n) is 13.7. The van der Waals surface area contributed by atoms with Gasteiger partial charge in [0.2, 0.25) is 11.7 Å². The van der Waals surface area contributed by atoms with Crippen molar-refractivity contribution in [3.8, 4) is 0 Å². The minimum Gasteiger partial charge on any atom is -0.446 e. The first-order chi connectivity index (χ1) is 12.7. The molecule has 5 N–H and O–H groups in total. The van der Waals surface area contributed by atoms with Crippen molar-refractivity contribution < 1.29 is 4.42 Å². The number of fused-ring (bicyclic) bond motifs is 3. The Morgan fingerprint density at radius 2 is 1.81 bits per heavy atom. The number of nitrogens with two attached hydrogens (primary N) is 2. The van der Waals surface area contributed by atoms with E-state index in [1.165, 1.54) is 9.79 Å². The van der Waals surface area contributed by atoms with Gasteiger partial charge in [-0.1, -0.05) is 36.0 Å². The highest BCUT2D eigenvalue weighted by Gasteiger charge is 2.20. The van der Waals surface area contributed by atoms with E-state index < -0.39 is 0 Å². The lowest BCUT2D eigenvalue weighted by molar-refractivity contribution is 0.599. The number of nitrogens with one attached hydrogen (secondary N) is 1.